The second-order valence-corrected chi connectivity index (χ2v) is 7.27. The maximum atomic E-state index is 12.2. The highest BCUT2D eigenvalue weighted by molar-refractivity contribution is 7.79. The van der Waals surface area contributed by atoms with Crippen molar-refractivity contribution in [3.63, 3.8) is 0 Å². The van der Waals surface area contributed by atoms with E-state index in [1.807, 2.05) is 48.5 Å². The first kappa shape index (κ1) is 20.7. The maximum Gasteiger partial charge on any atom is 0.408 e. The molecule has 0 radical (unpaired) electrons. The standard InChI is InChI=1S/C22H21NO5S/c1-13(21(25)26)10-20(24)19(12-29)23-22(27)28-11-18-16-8-4-2-6-14(16)15-7-3-5-9-17(15)18/h2-9,12-13,18-19H,10-11H2,1H3,(H,23,27)(H,25,26)/t13?,19-/m0/s1. The van der Waals surface area contributed by atoms with Crippen LogP contribution in [-0.4, -0.2) is 41.0 Å². The van der Waals surface area contributed by atoms with Crippen LogP contribution in [0.4, 0.5) is 4.79 Å². The number of nitrogens with one attached hydrogen (secondary N) is 1. The van der Waals surface area contributed by atoms with Crippen molar-refractivity contribution in [1.82, 2.24) is 5.32 Å². The average molecular weight is 411 g/mol. The van der Waals surface area contributed by atoms with Gasteiger partial charge in [0.1, 0.15) is 12.6 Å². The van der Waals surface area contributed by atoms with E-state index in [2.05, 4.69) is 5.32 Å². The SMILES string of the molecule is CC(CC(=O)[C@H](C=S)NC(=O)OCC1c2ccccc2-c2ccccc21)C(=O)O. The summed E-state index contributed by atoms with van der Waals surface area (Å²) in [5.74, 6) is -2.50. The number of alkyl carbamates (subject to hydrolysis) is 1. The van der Waals surface area contributed by atoms with Gasteiger partial charge < -0.3 is 15.2 Å². The summed E-state index contributed by atoms with van der Waals surface area (Å²) in [4.78, 5) is 35.3. The molecule has 150 valence electrons. The number of amides is 1. The van der Waals surface area contributed by atoms with Gasteiger partial charge in [0, 0.05) is 17.7 Å². The fourth-order valence-electron chi connectivity index (χ4n) is 3.47. The number of rotatable bonds is 8. The smallest absolute Gasteiger partial charge is 0.408 e. The lowest BCUT2D eigenvalue weighted by Crippen LogP contribution is -2.43. The summed E-state index contributed by atoms with van der Waals surface area (Å²) in [5, 5.41) is 12.5. The van der Waals surface area contributed by atoms with Gasteiger partial charge in [-0.1, -0.05) is 67.7 Å². The summed E-state index contributed by atoms with van der Waals surface area (Å²) in [7, 11) is 0. The van der Waals surface area contributed by atoms with Gasteiger partial charge in [-0.25, -0.2) is 4.79 Å². The monoisotopic (exact) mass is 411 g/mol. The second kappa shape index (κ2) is 8.96. The predicted molar refractivity (Wildman–Crippen MR) is 112 cm³/mol. The van der Waals surface area contributed by atoms with Crippen LogP contribution in [0.3, 0.4) is 0 Å². The first-order valence-corrected chi connectivity index (χ1v) is 9.71. The minimum atomic E-state index is -1.08. The molecular formula is C22H21NO5S. The van der Waals surface area contributed by atoms with Crippen LogP contribution >= 0.6 is 12.2 Å². The lowest BCUT2D eigenvalue weighted by atomic mass is 9.98. The van der Waals surface area contributed by atoms with Crippen molar-refractivity contribution in [2.75, 3.05) is 6.61 Å². The van der Waals surface area contributed by atoms with Crippen molar-refractivity contribution in [3.8, 4) is 11.1 Å². The number of fused-ring (bicyclic) bond motifs is 3. The molecule has 2 atom stereocenters. The van der Waals surface area contributed by atoms with E-state index in [0.29, 0.717) is 0 Å². The van der Waals surface area contributed by atoms with Crippen LogP contribution in [0.25, 0.3) is 11.1 Å². The molecule has 1 amide bonds. The van der Waals surface area contributed by atoms with Gasteiger partial charge in [-0.05, 0) is 22.3 Å². The lowest BCUT2D eigenvalue weighted by molar-refractivity contribution is -0.143. The van der Waals surface area contributed by atoms with Crippen molar-refractivity contribution in [1.29, 1.82) is 0 Å². The Bertz CT molecular complexity index is 912. The number of ketones is 1. The van der Waals surface area contributed by atoms with E-state index in [9.17, 15) is 14.4 Å². The molecule has 0 fully saturated rings. The summed E-state index contributed by atoms with van der Waals surface area (Å²) in [6, 6.07) is 14.9. The molecule has 0 saturated heterocycles. The molecule has 0 aliphatic heterocycles. The summed E-state index contributed by atoms with van der Waals surface area (Å²) in [6.45, 7) is 1.54. The van der Waals surface area contributed by atoms with Gasteiger partial charge in [-0.15, -0.1) is 0 Å². The number of carboxylic acids is 1. The van der Waals surface area contributed by atoms with Crippen molar-refractivity contribution in [2.45, 2.75) is 25.3 Å². The Balaban J connectivity index is 1.64. The second-order valence-electron chi connectivity index (χ2n) is 6.99. The van der Waals surface area contributed by atoms with Crippen molar-refractivity contribution >= 4 is 35.4 Å². The number of thiocarbonyl (C=S) groups is 1. The van der Waals surface area contributed by atoms with E-state index in [1.165, 1.54) is 6.92 Å². The highest BCUT2D eigenvalue weighted by Gasteiger charge is 2.30. The first-order chi connectivity index (χ1) is 13.9. The summed E-state index contributed by atoms with van der Waals surface area (Å²) in [6.07, 6.45) is -0.995. The van der Waals surface area contributed by atoms with Crippen LogP contribution in [-0.2, 0) is 14.3 Å². The number of carboxylic acid groups (broad SMARTS) is 1. The Kier molecular flexibility index (Phi) is 6.39. The fourth-order valence-corrected chi connectivity index (χ4v) is 3.69. The molecule has 3 rings (SSSR count). The zero-order valence-corrected chi connectivity index (χ0v) is 16.6. The van der Waals surface area contributed by atoms with E-state index in [1.54, 1.807) is 0 Å². The highest BCUT2D eigenvalue weighted by Crippen LogP contribution is 2.44. The average Bonchev–Trinajstić information content (AvgIpc) is 3.04. The number of carbonyl (C=O) groups is 3. The van der Waals surface area contributed by atoms with Gasteiger partial charge in [0.05, 0.1) is 5.92 Å². The molecule has 2 aromatic rings. The number of Topliss-reactive ketones (excluding diaryl/α,β-unsaturated/α-hetero) is 1. The van der Waals surface area contributed by atoms with Gasteiger partial charge >= 0.3 is 12.1 Å². The minimum Gasteiger partial charge on any atom is -0.481 e. The maximum absolute atomic E-state index is 12.2. The molecule has 6 nitrogen and oxygen atoms in total. The number of hydrogen-bond acceptors (Lipinski definition) is 5. The molecule has 1 aliphatic carbocycles. The number of hydrogen-bond donors (Lipinski definition) is 2. The normalized spacial score (nSPS) is 14.2. The van der Waals surface area contributed by atoms with Crippen LogP contribution in [0.1, 0.15) is 30.4 Å². The Morgan fingerprint density at radius 2 is 1.66 bits per heavy atom. The van der Waals surface area contributed by atoms with Crippen molar-refractivity contribution < 1.29 is 24.2 Å². The third kappa shape index (κ3) is 4.51. The molecule has 2 N–H and O–H groups in total. The zero-order valence-electron chi connectivity index (χ0n) is 15.8. The van der Waals surface area contributed by atoms with Gasteiger partial charge in [-0.3, -0.25) is 9.59 Å². The Hall–Kier alpha value is -3.06. The van der Waals surface area contributed by atoms with Crippen molar-refractivity contribution in [2.24, 2.45) is 5.92 Å². The summed E-state index contributed by atoms with van der Waals surface area (Å²) < 4.78 is 5.39. The third-order valence-corrected chi connectivity index (χ3v) is 5.30. The van der Waals surface area contributed by atoms with E-state index < -0.39 is 29.8 Å². The molecule has 2 aromatic carbocycles. The topological polar surface area (TPSA) is 92.7 Å². The van der Waals surface area contributed by atoms with E-state index in [0.717, 1.165) is 27.6 Å². The van der Waals surface area contributed by atoms with E-state index in [-0.39, 0.29) is 18.9 Å². The zero-order chi connectivity index (χ0) is 21.0. The van der Waals surface area contributed by atoms with Gasteiger partial charge in [-0.2, -0.15) is 0 Å². The van der Waals surface area contributed by atoms with E-state index >= 15 is 0 Å². The number of ether oxygens (including phenoxy) is 1. The molecule has 29 heavy (non-hydrogen) atoms. The molecule has 0 saturated carbocycles. The summed E-state index contributed by atoms with van der Waals surface area (Å²) in [5.41, 5.74) is 4.40. The molecule has 0 bridgehead atoms. The van der Waals surface area contributed by atoms with E-state index in [4.69, 9.17) is 22.1 Å². The molecule has 1 aliphatic rings. The van der Waals surface area contributed by atoms with Gasteiger partial charge in [0.15, 0.2) is 5.78 Å². The molecule has 0 heterocycles. The predicted octanol–water partition coefficient (Wildman–Crippen LogP) is 3.57. The Labute approximate surface area is 173 Å². The van der Waals surface area contributed by atoms with Crippen LogP contribution in [0, 0.1) is 5.92 Å². The number of aliphatic carboxylic acids is 1. The van der Waals surface area contributed by atoms with Crippen molar-refractivity contribution in [3.05, 3.63) is 59.7 Å². The molecule has 1 unspecified atom stereocenters. The van der Waals surface area contributed by atoms with Crippen LogP contribution in [0.5, 0.6) is 0 Å². The number of carbonyl (C=O) groups excluding carboxylic acids is 2. The number of benzene rings is 2. The molecule has 7 heteroatoms. The Morgan fingerprint density at radius 1 is 1.10 bits per heavy atom. The first-order valence-electron chi connectivity index (χ1n) is 9.24. The van der Waals surface area contributed by atoms with Gasteiger partial charge in [0.25, 0.3) is 0 Å². The van der Waals surface area contributed by atoms with Crippen LogP contribution in [0.2, 0.25) is 0 Å². The lowest BCUT2D eigenvalue weighted by Gasteiger charge is -2.17. The highest BCUT2D eigenvalue weighted by atomic mass is 32.1. The minimum absolute atomic E-state index is 0.0955. The molecule has 0 aromatic heterocycles. The van der Waals surface area contributed by atoms with Crippen LogP contribution in [0.15, 0.2) is 48.5 Å². The van der Waals surface area contributed by atoms with Crippen LogP contribution < -0.4 is 5.32 Å². The quantitative estimate of drug-likeness (QED) is 0.645. The summed E-state index contributed by atoms with van der Waals surface area (Å²) >= 11 is 4.82. The molecule has 0 spiro atoms. The van der Waals surface area contributed by atoms with Gasteiger partial charge in [0.2, 0.25) is 0 Å². The third-order valence-electron chi connectivity index (χ3n) is 5.03. The molecular weight excluding hydrogens is 390 g/mol. The largest absolute Gasteiger partial charge is 0.481 e. The fraction of sp³-hybridized carbons (Fsp3) is 0.273. The Morgan fingerprint density at radius 3 is 2.17 bits per heavy atom.